The number of hydrazone groups is 1. The second kappa shape index (κ2) is 9.08. The fourth-order valence-corrected chi connectivity index (χ4v) is 3.76. The number of aromatic nitrogens is 2. The topological polar surface area (TPSA) is 97.6 Å². The highest BCUT2D eigenvalue weighted by Gasteiger charge is 2.41. The van der Waals surface area contributed by atoms with Gasteiger partial charge in [-0.2, -0.15) is 5.01 Å². The molecule has 0 radical (unpaired) electrons. The molecule has 9 nitrogen and oxygen atoms in total. The van der Waals surface area contributed by atoms with E-state index in [0.717, 1.165) is 0 Å². The Kier molecular flexibility index (Phi) is 5.67. The first kappa shape index (κ1) is 21.2. The zero-order chi connectivity index (χ0) is 23.5. The normalized spacial score (nSPS) is 15.9. The van der Waals surface area contributed by atoms with E-state index in [1.165, 1.54) is 0 Å². The summed E-state index contributed by atoms with van der Waals surface area (Å²) in [5.74, 6) is 1.46. The van der Waals surface area contributed by atoms with Gasteiger partial charge in [-0.3, -0.25) is 0 Å². The molecule has 9 heteroatoms. The standard InChI is InChI=1S/C25H22N6O3/c1-34-25-29(22-14-6-8-16-26-22)28-24(18-10-2-4-12-20(18)32)31(23-15-7-9-17-27-23)30(25)19-11-3-5-13-21(19)33/h2-17,25,32-33H,1H3/t25-/m1/s1. The van der Waals surface area contributed by atoms with Crippen LogP contribution in [0.5, 0.6) is 11.5 Å². The second-order valence-corrected chi connectivity index (χ2v) is 7.37. The van der Waals surface area contributed by atoms with Crippen molar-refractivity contribution in [2.24, 2.45) is 5.10 Å². The summed E-state index contributed by atoms with van der Waals surface area (Å²) >= 11 is 0. The minimum absolute atomic E-state index is 0.0324. The van der Waals surface area contributed by atoms with Crippen molar-refractivity contribution in [1.82, 2.24) is 9.97 Å². The first-order valence-corrected chi connectivity index (χ1v) is 10.6. The highest BCUT2D eigenvalue weighted by Crippen LogP contribution is 2.38. The largest absolute Gasteiger partial charge is 0.507 e. The molecule has 34 heavy (non-hydrogen) atoms. The van der Waals surface area contributed by atoms with Crippen LogP contribution in [0.15, 0.2) is 102 Å². The van der Waals surface area contributed by atoms with E-state index in [4.69, 9.17) is 9.84 Å². The summed E-state index contributed by atoms with van der Waals surface area (Å²) in [5.41, 5.74) is 0.910. The van der Waals surface area contributed by atoms with E-state index in [0.29, 0.717) is 28.7 Å². The zero-order valence-electron chi connectivity index (χ0n) is 18.3. The number of ether oxygens (including phenoxy) is 1. The monoisotopic (exact) mass is 454 g/mol. The van der Waals surface area contributed by atoms with Crippen molar-refractivity contribution in [3.63, 3.8) is 0 Å². The predicted molar refractivity (Wildman–Crippen MR) is 129 cm³/mol. The van der Waals surface area contributed by atoms with Gasteiger partial charge in [-0.15, -0.1) is 5.10 Å². The number of benzene rings is 2. The van der Waals surface area contributed by atoms with E-state index in [-0.39, 0.29) is 11.5 Å². The molecule has 0 saturated carbocycles. The number of anilines is 3. The number of hydrogen-bond acceptors (Lipinski definition) is 9. The Morgan fingerprint density at radius 3 is 1.97 bits per heavy atom. The van der Waals surface area contributed by atoms with Gasteiger partial charge >= 0.3 is 0 Å². The van der Waals surface area contributed by atoms with Crippen LogP contribution in [0.2, 0.25) is 0 Å². The molecule has 1 aliphatic rings. The quantitative estimate of drug-likeness (QED) is 0.468. The summed E-state index contributed by atoms with van der Waals surface area (Å²) in [6.07, 6.45) is 2.47. The van der Waals surface area contributed by atoms with Crippen LogP contribution >= 0.6 is 0 Å². The molecule has 170 valence electrons. The van der Waals surface area contributed by atoms with Crippen molar-refractivity contribution in [2.45, 2.75) is 6.35 Å². The fraction of sp³-hybridized carbons (Fsp3) is 0.0800. The number of hydrogen-bond donors (Lipinski definition) is 2. The van der Waals surface area contributed by atoms with Crippen LogP contribution in [0.3, 0.4) is 0 Å². The lowest BCUT2D eigenvalue weighted by Gasteiger charge is -2.47. The minimum atomic E-state index is -0.847. The molecule has 0 aliphatic carbocycles. The van der Waals surface area contributed by atoms with Crippen molar-refractivity contribution in [1.29, 1.82) is 0 Å². The highest BCUT2D eigenvalue weighted by molar-refractivity contribution is 6.13. The van der Waals surface area contributed by atoms with Gasteiger partial charge in [0.1, 0.15) is 17.2 Å². The molecule has 0 saturated heterocycles. The molecular weight excluding hydrogens is 432 g/mol. The molecule has 0 unspecified atom stereocenters. The molecule has 0 bridgehead atoms. The van der Waals surface area contributed by atoms with E-state index < -0.39 is 6.35 Å². The Balaban J connectivity index is 1.82. The lowest BCUT2D eigenvalue weighted by atomic mass is 10.1. The average molecular weight is 454 g/mol. The van der Waals surface area contributed by atoms with Gasteiger partial charge < -0.3 is 14.9 Å². The molecule has 2 aromatic carbocycles. The number of methoxy groups -OCH3 is 1. The second-order valence-electron chi connectivity index (χ2n) is 7.37. The van der Waals surface area contributed by atoms with Crippen molar-refractivity contribution in [3.8, 4) is 11.5 Å². The fourth-order valence-electron chi connectivity index (χ4n) is 3.76. The average Bonchev–Trinajstić information content (AvgIpc) is 2.89. The number of amidine groups is 1. The van der Waals surface area contributed by atoms with Crippen LogP contribution in [-0.4, -0.2) is 39.5 Å². The van der Waals surface area contributed by atoms with Crippen molar-refractivity contribution in [2.75, 3.05) is 22.1 Å². The summed E-state index contributed by atoms with van der Waals surface area (Å²) in [6, 6.07) is 24.7. The van der Waals surface area contributed by atoms with Crippen LogP contribution in [0.1, 0.15) is 5.56 Å². The third kappa shape index (κ3) is 3.74. The van der Waals surface area contributed by atoms with Gasteiger partial charge in [-0.25, -0.2) is 20.0 Å². The summed E-state index contributed by atoms with van der Waals surface area (Å²) in [4.78, 5) is 8.98. The molecule has 0 fully saturated rings. The number of nitrogens with zero attached hydrogens (tertiary/aromatic N) is 6. The number of phenolic OH excluding ortho intramolecular Hbond substituents is 2. The van der Waals surface area contributed by atoms with Gasteiger partial charge in [0, 0.05) is 19.5 Å². The minimum Gasteiger partial charge on any atom is -0.507 e. The van der Waals surface area contributed by atoms with Crippen LogP contribution in [0, 0.1) is 0 Å². The highest BCUT2D eigenvalue weighted by atomic mass is 16.5. The Hall–Kier alpha value is -4.63. The van der Waals surface area contributed by atoms with Gasteiger partial charge in [-0.05, 0) is 48.5 Å². The molecule has 3 heterocycles. The first-order chi connectivity index (χ1) is 16.7. The van der Waals surface area contributed by atoms with Crippen molar-refractivity contribution < 1.29 is 14.9 Å². The van der Waals surface area contributed by atoms with Gasteiger partial charge in [0.2, 0.25) is 6.35 Å². The summed E-state index contributed by atoms with van der Waals surface area (Å²) < 4.78 is 5.91. The third-order valence-corrected chi connectivity index (χ3v) is 5.27. The van der Waals surface area contributed by atoms with E-state index in [1.807, 2.05) is 42.5 Å². The summed E-state index contributed by atoms with van der Waals surface area (Å²) in [5, 5.41) is 31.5. The Morgan fingerprint density at radius 2 is 1.35 bits per heavy atom. The van der Waals surface area contributed by atoms with E-state index in [2.05, 4.69) is 9.97 Å². The molecule has 5 rings (SSSR count). The summed E-state index contributed by atoms with van der Waals surface area (Å²) in [7, 11) is 1.55. The van der Waals surface area contributed by atoms with E-state index >= 15 is 0 Å². The van der Waals surface area contributed by atoms with Crippen LogP contribution in [0.25, 0.3) is 0 Å². The predicted octanol–water partition coefficient (Wildman–Crippen LogP) is 3.93. The smallest absolute Gasteiger partial charge is 0.249 e. The molecular formula is C25H22N6O3. The van der Waals surface area contributed by atoms with E-state index in [1.54, 1.807) is 77.0 Å². The Morgan fingerprint density at radius 1 is 0.735 bits per heavy atom. The van der Waals surface area contributed by atoms with E-state index in [9.17, 15) is 10.2 Å². The van der Waals surface area contributed by atoms with Gasteiger partial charge in [0.05, 0.1) is 5.56 Å². The lowest BCUT2D eigenvalue weighted by Crippen LogP contribution is -2.63. The molecule has 0 amide bonds. The van der Waals surface area contributed by atoms with Crippen LogP contribution in [-0.2, 0) is 4.74 Å². The number of aromatic hydroxyl groups is 2. The third-order valence-electron chi connectivity index (χ3n) is 5.27. The number of hydrazine groups is 1. The number of pyridine rings is 2. The molecule has 0 spiro atoms. The van der Waals surface area contributed by atoms with Gasteiger partial charge in [0.25, 0.3) is 0 Å². The van der Waals surface area contributed by atoms with Gasteiger partial charge in [0.15, 0.2) is 17.5 Å². The maximum atomic E-state index is 10.8. The van der Waals surface area contributed by atoms with Gasteiger partial charge in [-0.1, -0.05) is 36.4 Å². The molecule has 1 atom stereocenters. The molecule has 4 aromatic rings. The maximum Gasteiger partial charge on any atom is 0.249 e. The maximum absolute atomic E-state index is 10.8. The Bertz CT molecular complexity index is 1300. The van der Waals surface area contributed by atoms with Crippen molar-refractivity contribution >= 4 is 23.2 Å². The zero-order valence-corrected chi connectivity index (χ0v) is 18.3. The number of phenols is 2. The van der Waals surface area contributed by atoms with Crippen LogP contribution < -0.4 is 15.0 Å². The lowest BCUT2D eigenvalue weighted by molar-refractivity contribution is 0.0914. The molecule has 1 aliphatic heterocycles. The Labute approximate surface area is 196 Å². The number of para-hydroxylation sites is 3. The number of rotatable bonds is 5. The van der Waals surface area contributed by atoms with Crippen molar-refractivity contribution in [3.05, 3.63) is 103 Å². The van der Waals surface area contributed by atoms with Crippen LogP contribution in [0.4, 0.5) is 17.3 Å². The molecule has 2 N–H and O–H groups in total. The first-order valence-electron chi connectivity index (χ1n) is 10.6. The SMILES string of the molecule is CO[C@@H]1N(c2ccccn2)N=C(c2ccccc2O)N(c2ccccn2)N1c1ccccc1O. The summed E-state index contributed by atoms with van der Waals surface area (Å²) in [6.45, 7) is 0. The molecule has 2 aromatic heterocycles.